The molecule has 1 fully saturated rings. The summed E-state index contributed by atoms with van der Waals surface area (Å²) >= 11 is 0. The van der Waals surface area contributed by atoms with Crippen molar-refractivity contribution < 1.29 is 0 Å². The first kappa shape index (κ1) is 18.7. The fraction of sp³-hybridized carbons (Fsp3) is 0.476. The van der Waals surface area contributed by atoms with Gasteiger partial charge in [-0.3, -0.25) is 14.8 Å². The van der Waals surface area contributed by atoms with Crippen LogP contribution in [0.1, 0.15) is 49.7 Å². The Morgan fingerprint density at radius 3 is 2.79 bits per heavy atom. The van der Waals surface area contributed by atoms with Gasteiger partial charge in [0.15, 0.2) is 0 Å². The number of rotatable bonds is 5. The number of nitrogens with one attached hydrogen (secondary N) is 2. The van der Waals surface area contributed by atoms with Crippen LogP contribution in [0.5, 0.6) is 0 Å². The molecule has 0 unspecified atom stereocenters. The minimum atomic E-state index is -0.113. The number of nitrogens with zero attached hydrogens (tertiary/aromatic N) is 4. The van der Waals surface area contributed by atoms with Gasteiger partial charge in [0, 0.05) is 30.9 Å². The predicted octanol–water partition coefficient (Wildman–Crippen LogP) is 2.93. The Labute approximate surface area is 164 Å². The van der Waals surface area contributed by atoms with Crippen LogP contribution < -0.4 is 10.9 Å². The van der Waals surface area contributed by atoms with E-state index in [0.717, 1.165) is 31.6 Å². The fourth-order valence-corrected chi connectivity index (χ4v) is 3.86. The molecular weight excluding hydrogens is 352 g/mol. The van der Waals surface area contributed by atoms with Crippen LogP contribution in [0.3, 0.4) is 0 Å². The highest BCUT2D eigenvalue weighted by molar-refractivity contribution is 5.46. The van der Waals surface area contributed by atoms with Crippen LogP contribution in [0, 0.1) is 6.92 Å². The third-order valence-electron chi connectivity index (χ3n) is 5.33. The van der Waals surface area contributed by atoms with Gasteiger partial charge < -0.3 is 5.32 Å². The number of H-pyrrole nitrogens is 1. The number of anilines is 1. The van der Waals surface area contributed by atoms with Gasteiger partial charge in [-0.05, 0) is 49.9 Å². The SMILES string of the molecule is Cc1nc2nc(CN3CCC[C@H](Nc4ccc(C(C)C)cc4)C3)cc(=O)n2[nH]1. The van der Waals surface area contributed by atoms with Crippen molar-refractivity contribution in [2.24, 2.45) is 0 Å². The summed E-state index contributed by atoms with van der Waals surface area (Å²) in [6, 6.07) is 10.7. The van der Waals surface area contributed by atoms with Crippen molar-refractivity contribution in [1.29, 1.82) is 0 Å². The minimum absolute atomic E-state index is 0.113. The molecule has 4 rings (SSSR count). The molecule has 1 atom stereocenters. The second-order valence-corrected chi connectivity index (χ2v) is 8.03. The van der Waals surface area contributed by atoms with Gasteiger partial charge in [0.25, 0.3) is 11.3 Å². The molecule has 7 heteroatoms. The highest BCUT2D eigenvalue weighted by Gasteiger charge is 2.21. The average Bonchev–Trinajstić information content (AvgIpc) is 3.03. The van der Waals surface area contributed by atoms with Crippen LogP contribution >= 0.6 is 0 Å². The summed E-state index contributed by atoms with van der Waals surface area (Å²) in [4.78, 5) is 23.4. The fourth-order valence-electron chi connectivity index (χ4n) is 3.86. The van der Waals surface area contributed by atoms with Crippen LogP contribution in [-0.2, 0) is 6.54 Å². The lowest BCUT2D eigenvalue weighted by molar-refractivity contribution is 0.206. The second kappa shape index (κ2) is 7.75. The molecule has 0 aliphatic carbocycles. The van der Waals surface area contributed by atoms with Crippen molar-refractivity contribution >= 4 is 11.5 Å². The van der Waals surface area contributed by atoms with Crippen molar-refractivity contribution in [2.75, 3.05) is 18.4 Å². The number of likely N-dealkylation sites (tertiary alicyclic amines) is 1. The van der Waals surface area contributed by atoms with Gasteiger partial charge in [0.2, 0.25) is 0 Å². The molecule has 1 aliphatic heterocycles. The van der Waals surface area contributed by atoms with E-state index in [0.29, 0.717) is 30.1 Å². The van der Waals surface area contributed by atoms with Crippen molar-refractivity contribution in [3.8, 4) is 0 Å². The van der Waals surface area contributed by atoms with Crippen molar-refractivity contribution in [3.05, 3.63) is 57.8 Å². The number of piperidine rings is 1. The molecule has 0 bridgehead atoms. The zero-order valence-corrected chi connectivity index (χ0v) is 16.8. The van der Waals surface area contributed by atoms with E-state index < -0.39 is 0 Å². The maximum atomic E-state index is 12.3. The summed E-state index contributed by atoms with van der Waals surface area (Å²) in [6.45, 7) is 8.87. The summed E-state index contributed by atoms with van der Waals surface area (Å²) in [5, 5.41) is 6.57. The number of benzene rings is 1. The Morgan fingerprint density at radius 1 is 1.25 bits per heavy atom. The molecule has 1 saturated heterocycles. The number of aromatic nitrogens is 4. The number of hydrogen-bond acceptors (Lipinski definition) is 5. The molecule has 3 aromatic rings. The van der Waals surface area contributed by atoms with Crippen molar-refractivity contribution in [1.82, 2.24) is 24.5 Å². The quantitative estimate of drug-likeness (QED) is 0.712. The number of aromatic amines is 1. The third kappa shape index (κ3) is 4.09. The molecule has 2 N–H and O–H groups in total. The van der Waals surface area contributed by atoms with E-state index in [9.17, 15) is 4.79 Å². The maximum absolute atomic E-state index is 12.3. The molecule has 1 aliphatic rings. The first-order chi connectivity index (χ1) is 13.5. The van der Waals surface area contributed by atoms with E-state index in [1.54, 1.807) is 6.07 Å². The van der Waals surface area contributed by atoms with Crippen LogP contribution in [0.25, 0.3) is 5.78 Å². The highest BCUT2D eigenvalue weighted by atomic mass is 16.1. The molecule has 148 valence electrons. The van der Waals surface area contributed by atoms with Gasteiger partial charge in [-0.25, -0.2) is 4.98 Å². The summed E-state index contributed by atoms with van der Waals surface area (Å²) in [6.07, 6.45) is 2.28. The topological polar surface area (TPSA) is 78.3 Å². The number of hydrogen-bond donors (Lipinski definition) is 2. The number of fused-ring (bicyclic) bond motifs is 1. The average molecular weight is 380 g/mol. The maximum Gasteiger partial charge on any atom is 0.274 e. The van der Waals surface area contributed by atoms with Gasteiger partial charge in [-0.2, -0.15) is 9.50 Å². The molecule has 2 aromatic heterocycles. The molecular formula is C21H28N6O. The van der Waals surface area contributed by atoms with Gasteiger partial charge in [0.1, 0.15) is 5.82 Å². The van der Waals surface area contributed by atoms with E-state index in [-0.39, 0.29) is 5.56 Å². The zero-order chi connectivity index (χ0) is 19.7. The first-order valence-corrected chi connectivity index (χ1v) is 10.0. The minimum Gasteiger partial charge on any atom is -0.381 e. The van der Waals surface area contributed by atoms with E-state index in [1.807, 2.05) is 6.92 Å². The van der Waals surface area contributed by atoms with Crippen molar-refractivity contribution in [2.45, 2.75) is 52.1 Å². The summed E-state index contributed by atoms with van der Waals surface area (Å²) in [5.74, 6) is 1.68. The zero-order valence-electron chi connectivity index (χ0n) is 16.8. The highest BCUT2D eigenvalue weighted by Crippen LogP contribution is 2.20. The molecule has 0 amide bonds. The third-order valence-corrected chi connectivity index (χ3v) is 5.33. The Kier molecular flexibility index (Phi) is 5.17. The number of aryl methyl sites for hydroxylation is 1. The van der Waals surface area contributed by atoms with Crippen LogP contribution in [-0.4, -0.2) is 43.6 Å². The molecule has 0 saturated carbocycles. The summed E-state index contributed by atoms with van der Waals surface area (Å²) in [7, 11) is 0. The smallest absolute Gasteiger partial charge is 0.274 e. The van der Waals surface area contributed by atoms with E-state index in [4.69, 9.17) is 0 Å². The molecule has 0 spiro atoms. The Hall–Kier alpha value is -2.67. The molecule has 1 aromatic carbocycles. The van der Waals surface area contributed by atoms with Crippen LogP contribution in [0.15, 0.2) is 35.1 Å². The lowest BCUT2D eigenvalue weighted by Gasteiger charge is -2.33. The van der Waals surface area contributed by atoms with Gasteiger partial charge in [-0.1, -0.05) is 26.0 Å². The summed E-state index contributed by atoms with van der Waals surface area (Å²) < 4.78 is 1.39. The van der Waals surface area contributed by atoms with Crippen LogP contribution in [0.2, 0.25) is 0 Å². The van der Waals surface area contributed by atoms with E-state index >= 15 is 0 Å². The standard InChI is InChI=1S/C21H28N6O/c1-14(2)16-6-8-17(9-7-16)23-18-5-4-10-26(12-18)13-19-11-20(28)27-21(24-19)22-15(3)25-27/h6-9,11,14,18,23H,4-5,10,12-13H2,1-3H3,(H,22,24,25)/t18-/m0/s1. The second-order valence-electron chi connectivity index (χ2n) is 8.03. The van der Waals surface area contributed by atoms with Gasteiger partial charge in [0.05, 0.1) is 5.69 Å². The normalized spacial score (nSPS) is 18.1. The van der Waals surface area contributed by atoms with E-state index in [1.165, 1.54) is 15.8 Å². The largest absolute Gasteiger partial charge is 0.381 e. The molecule has 28 heavy (non-hydrogen) atoms. The van der Waals surface area contributed by atoms with Crippen molar-refractivity contribution in [3.63, 3.8) is 0 Å². The van der Waals surface area contributed by atoms with Gasteiger partial charge >= 0.3 is 0 Å². The Morgan fingerprint density at radius 2 is 2.04 bits per heavy atom. The first-order valence-electron chi connectivity index (χ1n) is 10.0. The van der Waals surface area contributed by atoms with Crippen LogP contribution in [0.4, 0.5) is 5.69 Å². The predicted molar refractivity (Wildman–Crippen MR) is 111 cm³/mol. The monoisotopic (exact) mass is 380 g/mol. The molecule has 7 nitrogen and oxygen atoms in total. The Balaban J connectivity index is 1.41. The lowest BCUT2D eigenvalue weighted by Crippen LogP contribution is -2.41. The summed E-state index contributed by atoms with van der Waals surface area (Å²) in [5.41, 5.74) is 3.19. The van der Waals surface area contributed by atoms with E-state index in [2.05, 4.69) is 63.4 Å². The van der Waals surface area contributed by atoms with Gasteiger partial charge in [-0.15, -0.1) is 0 Å². The molecule has 0 radical (unpaired) electrons. The molecule has 3 heterocycles. The Bertz CT molecular complexity index is 1000. The lowest BCUT2D eigenvalue weighted by atomic mass is 10.0.